The predicted molar refractivity (Wildman–Crippen MR) is 78.1 cm³/mol. The Hall–Kier alpha value is -1.52. The minimum atomic E-state index is -0.960. The van der Waals surface area contributed by atoms with Crippen molar-refractivity contribution in [3.63, 3.8) is 0 Å². The normalized spacial score (nSPS) is 21.5. The van der Waals surface area contributed by atoms with Gasteiger partial charge in [0.05, 0.1) is 11.8 Å². The number of carbonyl (C=O) groups excluding carboxylic acids is 1. The van der Waals surface area contributed by atoms with Gasteiger partial charge in [-0.1, -0.05) is 35.4 Å². The smallest absolute Gasteiger partial charge is 0.307 e. The lowest BCUT2D eigenvalue weighted by atomic mass is 9.82. The predicted octanol–water partition coefficient (Wildman–Crippen LogP) is 3.60. The first kappa shape index (κ1) is 14.9. The van der Waals surface area contributed by atoms with Gasteiger partial charge in [-0.25, -0.2) is 0 Å². The first-order chi connectivity index (χ1) is 9.47. The minimum absolute atomic E-state index is 0.333. The molecular weight excluding hydrogens is 301 g/mol. The average Bonchev–Trinajstić information content (AvgIpc) is 2.37. The lowest BCUT2D eigenvalue weighted by molar-refractivity contribution is -0.146. The van der Waals surface area contributed by atoms with Crippen molar-refractivity contribution in [3.05, 3.63) is 40.4 Å². The molecule has 20 heavy (non-hydrogen) atoms. The van der Waals surface area contributed by atoms with Crippen LogP contribution in [0.3, 0.4) is 0 Å². The third-order valence-corrected chi connectivity index (χ3v) is 3.65. The lowest BCUT2D eigenvalue weighted by Crippen LogP contribution is -2.34. The molecule has 0 fully saturated rings. The molecule has 106 valence electrons. The highest BCUT2D eigenvalue weighted by Crippen LogP contribution is 2.28. The van der Waals surface area contributed by atoms with Gasteiger partial charge in [0.1, 0.15) is 0 Å². The highest BCUT2D eigenvalue weighted by atomic mass is 35.5. The van der Waals surface area contributed by atoms with E-state index in [1.807, 2.05) is 6.08 Å². The van der Waals surface area contributed by atoms with Crippen molar-refractivity contribution < 1.29 is 14.7 Å². The maximum absolute atomic E-state index is 12.2. The number of carboxylic acids is 1. The number of allylic oxidation sites excluding steroid dienone is 2. The van der Waals surface area contributed by atoms with Crippen LogP contribution in [-0.2, 0) is 9.59 Å². The first-order valence-corrected chi connectivity index (χ1v) is 6.87. The van der Waals surface area contributed by atoms with Crippen molar-refractivity contribution in [1.29, 1.82) is 0 Å². The Labute approximate surface area is 126 Å². The van der Waals surface area contributed by atoms with Crippen LogP contribution < -0.4 is 5.32 Å². The molecular formula is C14H13Cl2NO3. The first-order valence-electron chi connectivity index (χ1n) is 6.12. The van der Waals surface area contributed by atoms with Crippen molar-refractivity contribution in [1.82, 2.24) is 0 Å². The van der Waals surface area contributed by atoms with E-state index in [9.17, 15) is 9.59 Å². The molecule has 1 amide bonds. The van der Waals surface area contributed by atoms with E-state index in [0.717, 1.165) is 0 Å². The Morgan fingerprint density at radius 2 is 1.60 bits per heavy atom. The average molecular weight is 314 g/mol. The number of anilines is 1. The Bertz CT molecular complexity index is 551. The van der Waals surface area contributed by atoms with Gasteiger partial charge in [0, 0.05) is 15.7 Å². The van der Waals surface area contributed by atoms with Gasteiger partial charge in [0.15, 0.2) is 0 Å². The van der Waals surface area contributed by atoms with Crippen LogP contribution in [-0.4, -0.2) is 17.0 Å². The van der Waals surface area contributed by atoms with Gasteiger partial charge in [0.25, 0.3) is 0 Å². The highest BCUT2D eigenvalue weighted by Gasteiger charge is 2.33. The molecule has 0 bridgehead atoms. The number of carbonyl (C=O) groups is 2. The fourth-order valence-electron chi connectivity index (χ4n) is 2.24. The van der Waals surface area contributed by atoms with E-state index < -0.39 is 17.8 Å². The third-order valence-electron chi connectivity index (χ3n) is 3.22. The number of aliphatic carboxylic acids is 1. The number of hydrogen-bond donors (Lipinski definition) is 2. The van der Waals surface area contributed by atoms with E-state index >= 15 is 0 Å². The zero-order valence-corrected chi connectivity index (χ0v) is 12.0. The summed E-state index contributed by atoms with van der Waals surface area (Å²) in [6.45, 7) is 0. The summed E-state index contributed by atoms with van der Waals surface area (Å²) in [6.07, 6.45) is 4.40. The van der Waals surface area contributed by atoms with E-state index in [2.05, 4.69) is 5.32 Å². The summed E-state index contributed by atoms with van der Waals surface area (Å²) in [5.74, 6) is -2.58. The maximum atomic E-state index is 12.2. The van der Waals surface area contributed by atoms with E-state index in [1.54, 1.807) is 24.3 Å². The summed E-state index contributed by atoms with van der Waals surface area (Å²) >= 11 is 11.7. The van der Waals surface area contributed by atoms with Gasteiger partial charge in [-0.15, -0.1) is 0 Å². The van der Waals surface area contributed by atoms with E-state index in [0.29, 0.717) is 28.6 Å². The standard InChI is InChI=1S/C14H13Cl2NO3/c15-8-5-9(16)7-10(6-8)17-13(18)11-3-1-2-4-12(11)14(19)20/h1-2,5-7,11-12H,3-4H2,(H,17,18)(H,19,20)/t11-,12-/m1/s1. The monoisotopic (exact) mass is 313 g/mol. The second-order valence-electron chi connectivity index (χ2n) is 4.64. The van der Waals surface area contributed by atoms with Crippen LogP contribution in [0.15, 0.2) is 30.4 Å². The van der Waals surface area contributed by atoms with Crippen molar-refractivity contribution in [3.8, 4) is 0 Å². The van der Waals surface area contributed by atoms with Gasteiger partial charge in [-0.05, 0) is 31.0 Å². The lowest BCUT2D eigenvalue weighted by Gasteiger charge is -2.24. The number of rotatable bonds is 3. The van der Waals surface area contributed by atoms with Crippen LogP contribution in [0.2, 0.25) is 10.0 Å². The summed E-state index contributed by atoms with van der Waals surface area (Å²) in [7, 11) is 0. The molecule has 0 radical (unpaired) electrons. The number of amides is 1. The molecule has 0 saturated carbocycles. The second-order valence-corrected chi connectivity index (χ2v) is 5.51. The number of hydrogen-bond acceptors (Lipinski definition) is 2. The van der Waals surface area contributed by atoms with Gasteiger partial charge >= 0.3 is 5.97 Å². The molecule has 0 saturated heterocycles. The Kier molecular flexibility index (Phi) is 4.68. The van der Waals surface area contributed by atoms with Gasteiger partial charge in [0.2, 0.25) is 5.91 Å². The molecule has 1 aliphatic carbocycles. The van der Waals surface area contributed by atoms with Gasteiger partial charge < -0.3 is 10.4 Å². The van der Waals surface area contributed by atoms with Gasteiger partial charge in [-0.3, -0.25) is 9.59 Å². The van der Waals surface area contributed by atoms with Crippen LogP contribution in [0.5, 0.6) is 0 Å². The number of halogens is 2. The van der Waals surface area contributed by atoms with E-state index in [4.69, 9.17) is 28.3 Å². The summed E-state index contributed by atoms with van der Waals surface area (Å²) < 4.78 is 0. The third kappa shape index (κ3) is 3.52. The molecule has 0 heterocycles. The Morgan fingerprint density at radius 1 is 1.05 bits per heavy atom. The molecule has 6 heteroatoms. The Balaban J connectivity index is 2.14. The van der Waals surface area contributed by atoms with Crippen molar-refractivity contribution >= 4 is 40.8 Å². The fraction of sp³-hybridized carbons (Fsp3) is 0.286. The maximum Gasteiger partial charge on any atom is 0.307 e. The Morgan fingerprint density at radius 3 is 2.15 bits per heavy atom. The van der Waals surface area contributed by atoms with Crippen molar-refractivity contribution in [2.45, 2.75) is 12.8 Å². The summed E-state index contributed by atoms with van der Waals surface area (Å²) in [4.78, 5) is 23.4. The minimum Gasteiger partial charge on any atom is -0.481 e. The molecule has 2 rings (SSSR count). The van der Waals surface area contributed by atoms with Crippen LogP contribution in [0.4, 0.5) is 5.69 Å². The summed E-state index contributed by atoms with van der Waals surface area (Å²) in [5.41, 5.74) is 0.464. The van der Waals surface area contributed by atoms with Crippen LogP contribution >= 0.6 is 23.2 Å². The highest BCUT2D eigenvalue weighted by molar-refractivity contribution is 6.35. The fourth-order valence-corrected chi connectivity index (χ4v) is 2.76. The largest absolute Gasteiger partial charge is 0.481 e. The van der Waals surface area contributed by atoms with E-state index in [-0.39, 0.29) is 5.91 Å². The molecule has 0 aromatic heterocycles. The molecule has 1 aromatic rings. The molecule has 1 aliphatic rings. The molecule has 4 nitrogen and oxygen atoms in total. The summed E-state index contributed by atoms with van der Waals surface area (Å²) in [5, 5.41) is 12.6. The number of nitrogens with one attached hydrogen (secondary N) is 1. The summed E-state index contributed by atoms with van der Waals surface area (Å²) in [6, 6.07) is 4.70. The topological polar surface area (TPSA) is 66.4 Å². The number of carboxylic acid groups (broad SMARTS) is 1. The molecule has 0 aliphatic heterocycles. The van der Waals surface area contributed by atoms with Crippen LogP contribution in [0, 0.1) is 11.8 Å². The van der Waals surface area contributed by atoms with Gasteiger partial charge in [-0.2, -0.15) is 0 Å². The zero-order valence-electron chi connectivity index (χ0n) is 10.5. The molecule has 1 aromatic carbocycles. The molecule has 0 unspecified atom stereocenters. The quantitative estimate of drug-likeness (QED) is 0.838. The molecule has 2 atom stereocenters. The number of benzene rings is 1. The van der Waals surface area contributed by atoms with Crippen LogP contribution in [0.25, 0.3) is 0 Å². The van der Waals surface area contributed by atoms with Crippen LogP contribution in [0.1, 0.15) is 12.8 Å². The second kappa shape index (κ2) is 6.29. The SMILES string of the molecule is O=C(O)[C@@H]1CC=CC[C@H]1C(=O)Nc1cc(Cl)cc(Cl)c1. The zero-order chi connectivity index (χ0) is 14.7. The van der Waals surface area contributed by atoms with E-state index in [1.165, 1.54) is 0 Å². The van der Waals surface area contributed by atoms with Crippen molar-refractivity contribution in [2.24, 2.45) is 11.8 Å². The van der Waals surface area contributed by atoms with Crippen molar-refractivity contribution in [2.75, 3.05) is 5.32 Å². The molecule has 2 N–H and O–H groups in total. The molecule has 0 spiro atoms.